The van der Waals surface area contributed by atoms with E-state index in [4.69, 9.17) is 11.6 Å². The van der Waals surface area contributed by atoms with E-state index in [1.54, 1.807) is 6.92 Å². The van der Waals surface area contributed by atoms with Crippen molar-refractivity contribution in [2.24, 2.45) is 0 Å². The summed E-state index contributed by atoms with van der Waals surface area (Å²) in [6, 6.07) is 0. The zero-order chi connectivity index (χ0) is 14.1. The van der Waals surface area contributed by atoms with E-state index in [2.05, 4.69) is 14.7 Å². The van der Waals surface area contributed by atoms with E-state index in [0.717, 1.165) is 0 Å². The molecule has 0 spiro atoms. The Labute approximate surface area is 111 Å². The molecule has 0 aliphatic carbocycles. The Balaban J connectivity index is 3.69. The first-order valence-corrected chi connectivity index (χ1v) is 5.73. The van der Waals surface area contributed by atoms with Gasteiger partial charge in [-0.2, -0.15) is 0 Å². The number of carbonyl (C=O) groups is 2. The molecule has 0 amide bonds. The zero-order valence-electron chi connectivity index (χ0n) is 11.0. The lowest BCUT2D eigenvalue weighted by atomic mass is 9.87. The van der Waals surface area contributed by atoms with Gasteiger partial charge < -0.3 is 4.74 Å². The van der Waals surface area contributed by atoms with Crippen LogP contribution in [0.2, 0.25) is 0 Å². The van der Waals surface area contributed by atoms with Crippen molar-refractivity contribution in [1.29, 1.82) is 0 Å². The minimum Gasteiger partial charge on any atom is -0.465 e. The van der Waals surface area contributed by atoms with E-state index < -0.39 is 16.6 Å². The number of halogens is 1. The van der Waals surface area contributed by atoms with Crippen molar-refractivity contribution < 1.29 is 14.3 Å². The molecule has 0 aliphatic rings. The maximum atomic E-state index is 11.8. The molecule has 1 heterocycles. The molecular formula is C12H15ClN2O3. The summed E-state index contributed by atoms with van der Waals surface area (Å²) in [5, 5.41) is -0.800. The van der Waals surface area contributed by atoms with Crippen molar-refractivity contribution in [1.82, 2.24) is 9.97 Å². The van der Waals surface area contributed by atoms with Gasteiger partial charge in [0.1, 0.15) is 17.1 Å². The lowest BCUT2D eigenvalue weighted by Crippen LogP contribution is -2.24. The van der Waals surface area contributed by atoms with E-state index in [1.165, 1.54) is 7.11 Å². The second kappa shape index (κ2) is 5.02. The van der Waals surface area contributed by atoms with E-state index in [9.17, 15) is 9.59 Å². The van der Waals surface area contributed by atoms with Crippen LogP contribution in [0, 0.1) is 6.92 Å². The summed E-state index contributed by atoms with van der Waals surface area (Å²) in [6.45, 7) is 7.27. The topological polar surface area (TPSA) is 69.2 Å². The van der Waals surface area contributed by atoms with Gasteiger partial charge in [0.2, 0.25) is 0 Å². The standard InChI is InChI=1S/C12H15ClN2O3/c1-6-14-8(10(13)16)7(11(17)18-5)9(15-6)12(2,3)4/h1-5H3. The molecule has 1 aromatic heterocycles. The van der Waals surface area contributed by atoms with Gasteiger partial charge >= 0.3 is 5.97 Å². The fourth-order valence-corrected chi connectivity index (χ4v) is 1.69. The molecule has 1 rings (SSSR count). The van der Waals surface area contributed by atoms with Crippen molar-refractivity contribution in [3.05, 3.63) is 22.8 Å². The molecule has 0 radical (unpaired) electrons. The first kappa shape index (κ1) is 14.6. The number of ether oxygens (including phenoxy) is 1. The molecule has 18 heavy (non-hydrogen) atoms. The number of carbonyl (C=O) groups excluding carboxylic acids is 2. The molecule has 0 saturated carbocycles. The van der Waals surface area contributed by atoms with Gasteiger partial charge in [-0.25, -0.2) is 14.8 Å². The molecule has 0 aromatic carbocycles. The van der Waals surface area contributed by atoms with Gasteiger partial charge in [0.15, 0.2) is 0 Å². The number of hydrogen-bond donors (Lipinski definition) is 0. The van der Waals surface area contributed by atoms with Crippen LogP contribution in [-0.4, -0.2) is 28.3 Å². The molecular weight excluding hydrogens is 256 g/mol. The molecule has 0 saturated heterocycles. The minimum atomic E-state index is -0.800. The normalized spacial score (nSPS) is 11.2. The van der Waals surface area contributed by atoms with Crippen LogP contribution in [0.15, 0.2) is 0 Å². The maximum absolute atomic E-state index is 11.8. The molecule has 0 fully saturated rings. The second-order valence-electron chi connectivity index (χ2n) is 4.86. The van der Waals surface area contributed by atoms with Crippen LogP contribution in [0.3, 0.4) is 0 Å². The Hall–Kier alpha value is -1.49. The summed E-state index contributed by atoms with van der Waals surface area (Å²) >= 11 is 5.47. The van der Waals surface area contributed by atoms with Crippen molar-refractivity contribution >= 4 is 22.8 Å². The fraction of sp³-hybridized carbons (Fsp3) is 0.500. The highest BCUT2D eigenvalue weighted by Crippen LogP contribution is 2.27. The number of nitrogens with zero attached hydrogens (tertiary/aromatic N) is 2. The van der Waals surface area contributed by atoms with Crippen molar-refractivity contribution in [2.75, 3.05) is 7.11 Å². The smallest absolute Gasteiger partial charge is 0.342 e. The highest BCUT2D eigenvalue weighted by Gasteiger charge is 2.30. The molecule has 0 aliphatic heterocycles. The third-order valence-electron chi connectivity index (χ3n) is 2.31. The maximum Gasteiger partial charge on any atom is 0.342 e. The first-order chi connectivity index (χ1) is 8.18. The molecule has 0 unspecified atom stereocenters. The summed E-state index contributed by atoms with van der Waals surface area (Å²) in [5.74, 6) is -0.277. The van der Waals surface area contributed by atoms with Gasteiger partial charge in [-0.1, -0.05) is 20.8 Å². The SMILES string of the molecule is COC(=O)c1c(C(=O)Cl)nc(C)nc1C(C)(C)C. The van der Waals surface area contributed by atoms with Crippen LogP contribution in [0.1, 0.15) is 53.1 Å². The summed E-state index contributed by atoms with van der Waals surface area (Å²) in [7, 11) is 1.23. The Bertz CT molecular complexity index is 507. The quantitative estimate of drug-likeness (QED) is 0.609. The van der Waals surface area contributed by atoms with E-state index >= 15 is 0 Å². The second-order valence-corrected chi connectivity index (χ2v) is 5.20. The Morgan fingerprint density at radius 3 is 2.17 bits per heavy atom. The van der Waals surface area contributed by atoms with Crippen LogP contribution in [-0.2, 0) is 10.2 Å². The minimum absolute atomic E-state index is 0.0376. The van der Waals surface area contributed by atoms with Crippen LogP contribution in [0.25, 0.3) is 0 Å². The van der Waals surface area contributed by atoms with Gasteiger partial charge in [-0.3, -0.25) is 4.79 Å². The molecule has 1 aromatic rings. The first-order valence-electron chi connectivity index (χ1n) is 5.35. The molecule has 5 nitrogen and oxygen atoms in total. The van der Waals surface area contributed by atoms with E-state index in [0.29, 0.717) is 11.5 Å². The van der Waals surface area contributed by atoms with Crippen LogP contribution in [0.4, 0.5) is 0 Å². The van der Waals surface area contributed by atoms with Gasteiger partial charge in [-0.15, -0.1) is 0 Å². The van der Waals surface area contributed by atoms with E-state index in [1.807, 2.05) is 20.8 Å². The Morgan fingerprint density at radius 1 is 1.22 bits per heavy atom. The zero-order valence-corrected chi connectivity index (χ0v) is 11.8. The van der Waals surface area contributed by atoms with E-state index in [-0.39, 0.29) is 11.3 Å². The van der Waals surface area contributed by atoms with Gasteiger partial charge in [0, 0.05) is 5.41 Å². The van der Waals surface area contributed by atoms with Crippen molar-refractivity contribution in [3.8, 4) is 0 Å². The number of aromatic nitrogens is 2. The molecule has 6 heteroatoms. The monoisotopic (exact) mass is 270 g/mol. The number of esters is 1. The Kier molecular flexibility index (Phi) is 4.06. The summed E-state index contributed by atoms with van der Waals surface area (Å²) in [5.41, 5.74) is -0.0550. The Morgan fingerprint density at radius 2 is 1.78 bits per heavy atom. The summed E-state index contributed by atoms with van der Waals surface area (Å²) in [4.78, 5) is 31.3. The number of aryl methyl sites for hydroxylation is 1. The highest BCUT2D eigenvalue weighted by atomic mass is 35.5. The number of hydrogen-bond acceptors (Lipinski definition) is 5. The predicted octanol–water partition coefficient (Wildman–Crippen LogP) is 2.25. The molecule has 98 valence electrons. The highest BCUT2D eigenvalue weighted by molar-refractivity contribution is 6.67. The fourth-order valence-electron chi connectivity index (χ4n) is 1.55. The third kappa shape index (κ3) is 2.85. The predicted molar refractivity (Wildman–Crippen MR) is 67.0 cm³/mol. The average molecular weight is 271 g/mol. The van der Waals surface area contributed by atoms with Gasteiger partial charge in [0.05, 0.1) is 12.8 Å². The summed E-state index contributed by atoms with van der Waals surface area (Å²) < 4.78 is 4.67. The van der Waals surface area contributed by atoms with Crippen LogP contribution < -0.4 is 0 Å². The lowest BCUT2D eigenvalue weighted by Gasteiger charge is -2.21. The molecule has 0 bridgehead atoms. The number of methoxy groups -OCH3 is 1. The van der Waals surface area contributed by atoms with Crippen molar-refractivity contribution in [3.63, 3.8) is 0 Å². The lowest BCUT2D eigenvalue weighted by molar-refractivity contribution is 0.0593. The van der Waals surface area contributed by atoms with Crippen LogP contribution in [0.5, 0.6) is 0 Å². The van der Waals surface area contributed by atoms with Gasteiger partial charge in [0.25, 0.3) is 5.24 Å². The van der Waals surface area contributed by atoms with Crippen molar-refractivity contribution in [2.45, 2.75) is 33.1 Å². The summed E-state index contributed by atoms with van der Waals surface area (Å²) in [6.07, 6.45) is 0. The third-order valence-corrected chi connectivity index (χ3v) is 2.49. The number of rotatable bonds is 2. The molecule has 0 N–H and O–H groups in total. The largest absolute Gasteiger partial charge is 0.465 e. The molecule has 0 atom stereocenters. The average Bonchev–Trinajstić information content (AvgIpc) is 2.25. The van der Waals surface area contributed by atoms with Crippen LogP contribution >= 0.6 is 11.6 Å². The van der Waals surface area contributed by atoms with Gasteiger partial charge in [-0.05, 0) is 18.5 Å².